The van der Waals surface area contributed by atoms with E-state index in [0.29, 0.717) is 4.90 Å². The molecule has 0 saturated heterocycles. The van der Waals surface area contributed by atoms with E-state index in [1.54, 1.807) is 6.07 Å². The van der Waals surface area contributed by atoms with Gasteiger partial charge >= 0.3 is 0 Å². The minimum absolute atomic E-state index is 0.0708. The van der Waals surface area contributed by atoms with E-state index in [2.05, 4.69) is 12.6 Å². The lowest BCUT2D eigenvalue weighted by molar-refractivity contribution is -0.387. The Morgan fingerprint density at radius 2 is 2.00 bits per heavy atom. The molecule has 12 heavy (non-hydrogen) atoms. The van der Waals surface area contributed by atoms with Crippen molar-refractivity contribution in [2.24, 2.45) is 0 Å². The molecule has 0 N–H and O–H groups in total. The molecular formula is C8H9NO2S. The Morgan fingerprint density at radius 3 is 2.50 bits per heavy atom. The van der Waals surface area contributed by atoms with Gasteiger partial charge in [-0.25, -0.2) is 0 Å². The van der Waals surface area contributed by atoms with Crippen molar-refractivity contribution < 1.29 is 4.92 Å². The number of benzene rings is 1. The van der Waals surface area contributed by atoms with Crippen LogP contribution in [0.2, 0.25) is 0 Å². The summed E-state index contributed by atoms with van der Waals surface area (Å²) in [5.41, 5.74) is 1.96. The van der Waals surface area contributed by atoms with Crippen LogP contribution in [0.25, 0.3) is 0 Å². The average Bonchev–Trinajstić information content (AvgIpc) is 2.00. The van der Waals surface area contributed by atoms with E-state index < -0.39 is 4.92 Å². The zero-order chi connectivity index (χ0) is 9.30. The summed E-state index contributed by atoms with van der Waals surface area (Å²) < 4.78 is 0. The SMILES string of the molecule is Cc1ccc([N+](=O)[O-])c(S)c1C. The van der Waals surface area contributed by atoms with E-state index in [4.69, 9.17) is 0 Å². The molecule has 0 heterocycles. The van der Waals surface area contributed by atoms with Gasteiger partial charge in [0, 0.05) is 6.07 Å². The number of hydrogen-bond acceptors (Lipinski definition) is 3. The summed E-state index contributed by atoms with van der Waals surface area (Å²) in [5.74, 6) is 0. The molecule has 1 aromatic carbocycles. The van der Waals surface area contributed by atoms with Crippen LogP contribution >= 0.6 is 12.6 Å². The third-order valence-electron chi connectivity index (χ3n) is 1.88. The zero-order valence-electron chi connectivity index (χ0n) is 6.87. The Bertz CT molecular complexity index is 336. The maximum Gasteiger partial charge on any atom is 0.282 e. The van der Waals surface area contributed by atoms with E-state index in [0.717, 1.165) is 11.1 Å². The largest absolute Gasteiger partial charge is 0.282 e. The van der Waals surface area contributed by atoms with Gasteiger partial charge in [0.05, 0.1) is 9.82 Å². The molecule has 0 spiro atoms. The molecule has 0 aliphatic carbocycles. The van der Waals surface area contributed by atoms with Gasteiger partial charge in [0.25, 0.3) is 5.69 Å². The van der Waals surface area contributed by atoms with Crippen LogP contribution in [0.3, 0.4) is 0 Å². The normalized spacial score (nSPS) is 9.92. The fourth-order valence-corrected chi connectivity index (χ4v) is 1.27. The minimum Gasteiger partial charge on any atom is -0.258 e. The van der Waals surface area contributed by atoms with Crippen LogP contribution in [0.1, 0.15) is 11.1 Å². The summed E-state index contributed by atoms with van der Waals surface area (Å²) >= 11 is 4.08. The van der Waals surface area contributed by atoms with E-state index in [9.17, 15) is 10.1 Å². The Morgan fingerprint density at radius 1 is 1.42 bits per heavy atom. The van der Waals surface area contributed by atoms with E-state index in [1.807, 2.05) is 13.8 Å². The number of hydrogen-bond donors (Lipinski definition) is 1. The van der Waals surface area contributed by atoms with Crippen LogP contribution in [0, 0.1) is 24.0 Å². The summed E-state index contributed by atoms with van der Waals surface area (Å²) in [5, 5.41) is 10.4. The zero-order valence-corrected chi connectivity index (χ0v) is 7.76. The van der Waals surface area contributed by atoms with Gasteiger partial charge < -0.3 is 0 Å². The van der Waals surface area contributed by atoms with Gasteiger partial charge in [-0.05, 0) is 25.0 Å². The minimum atomic E-state index is -0.422. The summed E-state index contributed by atoms with van der Waals surface area (Å²) in [7, 11) is 0. The molecule has 0 unspecified atom stereocenters. The third kappa shape index (κ3) is 1.43. The first-order valence-corrected chi connectivity index (χ1v) is 3.92. The lowest BCUT2D eigenvalue weighted by Crippen LogP contribution is -1.92. The number of thiol groups is 1. The van der Waals surface area contributed by atoms with Crippen LogP contribution in [0.15, 0.2) is 17.0 Å². The van der Waals surface area contributed by atoms with E-state index in [1.165, 1.54) is 6.07 Å². The highest BCUT2D eigenvalue weighted by Gasteiger charge is 2.13. The lowest BCUT2D eigenvalue weighted by Gasteiger charge is -2.02. The first-order chi connectivity index (χ1) is 5.54. The fourth-order valence-electron chi connectivity index (χ4n) is 0.934. The Kier molecular flexibility index (Phi) is 2.38. The Labute approximate surface area is 76.0 Å². The highest BCUT2D eigenvalue weighted by atomic mass is 32.1. The Balaban J connectivity index is 3.36. The van der Waals surface area contributed by atoms with Crippen molar-refractivity contribution in [3.8, 4) is 0 Å². The van der Waals surface area contributed by atoms with Crippen molar-refractivity contribution in [2.45, 2.75) is 18.7 Å². The van der Waals surface area contributed by atoms with Gasteiger partial charge in [0.2, 0.25) is 0 Å². The van der Waals surface area contributed by atoms with Crippen molar-refractivity contribution in [2.75, 3.05) is 0 Å². The van der Waals surface area contributed by atoms with Crippen LogP contribution < -0.4 is 0 Å². The number of rotatable bonds is 1. The number of nitro groups is 1. The van der Waals surface area contributed by atoms with Crippen LogP contribution in [-0.4, -0.2) is 4.92 Å². The Hall–Kier alpha value is -1.03. The summed E-state index contributed by atoms with van der Waals surface area (Å²) in [4.78, 5) is 10.5. The maximum atomic E-state index is 10.4. The average molecular weight is 183 g/mol. The van der Waals surface area contributed by atoms with Crippen LogP contribution in [-0.2, 0) is 0 Å². The molecule has 1 aromatic rings. The predicted octanol–water partition coefficient (Wildman–Crippen LogP) is 2.50. The third-order valence-corrected chi connectivity index (χ3v) is 2.44. The molecule has 1 rings (SSSR count). The topological polar surface area (TPSA) is 43.1 Å². The molecule has 0 radical (unpaired) electrons. The number of aryl methyl sites for hydroxylation is 1. The summed E-state index contributed by atoms with van der Waals surface area (Å²) in [6.07, 6.45) is 0. The first-order valence-electron chi connectivity index (χ1n) is 3.47. The second kappa shape index (κ2) is 3.15. The first kappa shape index (κ1) is 9.06. The molecule has 64 valence electrons. The number of nitrogens with zero attached hydrogens (tertiary/aromatic N) is 1. The van der Waals surface area contributed by atoms with Crippen LogP contribution in [0.5, 0.6) is 0 Å². The highest BCUT2D eigenvalue weighted by Crippen LogP contribution is 2.27. The molecule has 3 nitrogen and oxygen atoms in total. The lowest BCUT2D eigenvalue weighted by atomic mass is 10.1. The summed E-state index contributed by atoms with van der Waals surface area (Å²) in [6, 6.07) is 3.21. The standard InChI is InChI=1S/C8H9NO2S/c1-5-3-4-7(9(10)11)8(12)6(5)2/h3-4,12H,1-2H3. The van der Waals surface area contributed by atoms with E-state index in [-0.39, 0.29) is 5.69 Å². The highest BCUT2D eigenvalue weighted by molar-refractivity contribution is 7.80. The molecule has 0 bridgehead atoms. The van der Waals surface area contributed by atoms with Crippen molar-refractivity contribution in [1.82, 2.24) is 0 Å². The van der Waals surface area contributed by atoms with Crippen molar-refractivity contribution in [1.29, 1.82) is 0 Å². The molecule has 0 fully saturated rings. The summed E-state index contributed by atoms with van der Waals surface area (Å²) in [6.45, 7) is 3.73. The van der Waals surface area contributed by atoms with Gasteiger partial charge in [-0.1, -0.05) is 6.07 Å². The fraction of sp³-hybridized carbons (Fsp3) is 0.250. The number of nitro benzene ring substituents is 1. The molecule has 0 saturated carbocycles. The van der Waals surface area contributed by atoms with Gasteiger partial charge in [-0.15, -0.1) is 12.6 Å². The monoisotopic (exact) mass is 183 g/mol. The van der Waals surface area contributed by atoms with Crippen molar-refractivity contribution >= 4 is 18.3 Å². The van der Waals surface area contributed by atoms with Gasteiger partial charge in [0.15, 0.2) is 0 Å². The van der Waals surface area contributed by atoms with Gasteiger partial charge in [0.1, 0.15) is 0 Å². The van der Waals surface area contributed by atoms with Crippen molar-refractivity contribution in [3.63, 3.8) is 0 Å². The van der Waals surface area contributed by atoms with Crippen molar-refractivity contribution in [3.05, 3.63) is 33.4 Å². The molecular weight excluding hydrogens is 174 g/mol. The molecule has 0 atom stereocenters. The quantitative estimate of drug-likeness (QED) is 0.413. The van der Waals surface area contributed by atoms with Gasteiger partial charge in [-0.2, -0.15) is 0 Å². The second-order valence-electron chi connectivity index (χ2n) is 2.63. The molecule has 0 aliphatic heterocycles. The molecule has 0 aliphatic rings. The maximum absolute atomic E-state index is 10.4. The van der Waals surface area contributed by atoms with E-state index >= 15 is 0 Å². The molecule has 0 amide bonds. The van der Waals surface area contributed by atoms with Gasteiger partial charge in [-0.3, -0.25) is 10.1 Å². The second-order valence-corrected chi connectivity index (χ2v) is 3.08. The smallest absolute Gasteiger partial charge is 0.258 e. The molecule has 4 heteroatoms. The molecule has 0 aromatic heterocycles. The predicted molar refractivity (Wildman–Crippen MR) is 49.8 cm³/mol. The van der Waals surface area contributed by atoms with Crippen LogP contribution in [0.4, 0.5) is 5.69 Å².